The van der Waals surface area contributed by atoms with Gasteiger partial charge in [-0.15, -0.1) is 0 Å². The minimum atomic E-state index is -0.480. The van der Waals surface area contributed by atoms with E-state index in [4.69, 9.17) is 0 Å². The molecule has 1 aromatic rings. The molecule has 5 nitrogen and oxygen atoms in total. The van der Waals surface area contributed by atoms with Gasteiger partial charge in [-0.1, -0.05) is 25.0 Å². The Morgan fingerprint density at radius 2 is 1.81 bits per heavy atom. The lowest BCUT2D eigenvalue weighted by Crippen LogP contribution is -2.58. The van der Waals surface area contributed by atoms with Crippen LogP contribution in [0.5, 0.6) is 0 Å². The lowest BCUT2D eigenvalue weighted by molar-refractivity contribution is -0.129. The molecule has 1 aromatic carbocycles. The molecule has 3 rings (SSSR count). The first-order valence-corrected chi connectivity index (χ1v) is 9.67. The summed E-state index contributed by atoms with van der Waals surface area (Å²) in [5, 5.41) is 2.98. The van der Waals surface area contributed by atoms with Gasteiger partial charge in [0, 0.05) is 32.7 Å². The Balaban J connectivity index is 1.65. The molecule has 1 aliphatic heterocycles. The number of carbonyl (C=O) groups excluding carboxylic acids is 2. The van der Waals surface area contributed by atoms with Crippen LogP contribution in [0.2, 0.25) is 0 Å². The molecule has 1 aliphatic carbocycles. The maximum atomic E-state index is 13.9. The topological polar surface area (TPSA) is 52.7 Å². The van der Waals surface area contributed by atoms with Crippen molar-refractivity contribution in [1.82, 2.24) is 15.1 Å². The fraction of sp³-hybridized carbons (Fsp3) is 0.600. The zero-order valence-corrected chi connectivity index (χ0v) is 15.4. The summed E-state index contributed by atoms with van der Waals surface area (Å²) in [5.74, 6) is -0.243. The summed E-state index contributed by atoms with van der Waals surface area (Å²) in [7, 11) is 0. The monoisotopic (exact) mass is 361 g/mol. The number of likely N-dealkylation sites (N-methyl/N-ethyl adjacent to an activating group) is 1. The van der Waals surface area contributed by atoms with Crippen molar-refractivity contribution in [3.8, 4) is 0 Å². The van der Waals surface area contributed by atoms with E-state index in [0.717, 1.165) is 12.8 Å². The van der Waals surface area contributed by atoms with Crippen LogP contribution < -0.4 is 5.32 Å². The number of amides is 2. The molecule has 2 aliphatic rings. The number of carbonyl (C=O) groups is 2. The molecule has 0 aromatic heterocycles. The first-order valence-electron chi connectivity index (χ1n) is 9.67. The average Bonchev–Trinajstić information content (AvgIpc) is 3.17. The highest BCUT2D eigenvalue weighted by atomic mass is 19.1. The van der Waals surface area contributed by atoms with Gasteiger partial charge in [-0.25, -0.2) is 4.39 Å². The lowest BCUT2D eigenvalue weighted by atomic mass is 9.95. The van der Waals surface area contributed by atoms with Crippen molar-refractivity contribution in [2.45, 2.75) is 38.6 Å². The van der Waals surface area contributed by atoms with Gasteiger partial charge in [-0.3, -0.25) is 14.5 Å². The van der Waals surface area contributed by atoms with E-state index < -0.39 is 5.82 Å². The first-order chi connectivity index (χ1) is 12.6. The minimum absolute atomic E-state index is 0.105. The maximum Gasteiger partial charge on any atom is 0.256 e. The zero-order chi connectivity index (χ0) is 18.5. The minimum Gasteiger partial charge on any atom is -0.355 e. The van der Waals surface area contributed by atoms with E-state index in [1.807, 2.05) is 6.92 Å². The molecule has 0 radical (unpaired) electrons. The summed E-state index contributed by atoms with van der Waals surface area (Å²) in [4.78, 5) is 29.1. The third kappa shape index (κ3) is 4.06. The summed E-state index contributed by atoms with van der Waals surface area (Å²) in [6.45, 7) is 4.92. The highest BCUT2D eigenvalue weighted by Gasteiger charge is 2.37. The van der Waals surface area contributed by atoms with E-state index in [0.29, 0.717) is 38.6 Å². The molecule has 0 spiro atoms. The number of halogens is 1. The number of piperazine rings is 1. The fourth-order valence-electron chi connectivity index (χ4n) is 4.24. The lowest BCUT2D eigenvalue weighted by Gasteiger charge is -2.40. The third-order valence-electron chi connectivity index (χ3n) is 5.57. The highest BCUT2D eigenvalue weighted by Crippen LogP contribution is 2.31. The second kappa shape index (κ2) is 8.62. The summed E-state index contributed by atoms with van der Waals surface area (Å²) < 4.78 is 13.9. The molecule has 2 fully saturated rings. The molecular formula is C20H28FN3O2. The molecule has 2 amide bonds. The molecule has 1 N–H and O–H groups in total. The van der Waals surface area contributed by atoms with Crippen molar-refractivity contribution in [3.05, 3.63) is 35.6 Å². The molecule has 1 heterocycles. The van der Waals surface area contributed by atoms with E-state index in [2.05, 4.69) is 10.2 Å². The predicted octanol–water partition coefficient (Wildman–Crippen LogP) is 2.28. The third-order valence-corrected chi connectivity index (χ3v) is 5.57. The molecule has 1 saturated heterocycles. The number of hydrogen-bond acceptors (Lipinski definition) is 3. The quantitative estimate of drug-likeness (QED) is 0.875. The number of benzene rings is 1. The van der Waals surface area contributed by atoms with Gasteiger partial charge in [0.1, 0.15) is 5.82 Å². The van der Waals surface area contributed by atoms with E-state index in [-0.39, 0.29) is 23.4 Å². The van der Waals surface area contributed by atoms with Crippen molar-refractivity contribution < 1.29 is 14.0 Å². The second-order valence-electron chi connectivity index (χ2n) is 7.19. The van der Waals surface area contributed by atoms with Crippen molar-refractivity contribution in [3.63, 3.8) is 0 Å². The predicted molar refractivity (Wildman–Crippen MR) is 98.3 cm³/mol. The summed E-state index contributed by atoms with van der Waals surface area (Å²) in [6, 6.07) is 6.00. The first kappa shape index (κ1) is 18.8. The maximum absolute atomic E-state index is 13.9. The van der Waals surface area contributed by atoms with Crippen molar-refractivity contribution >= 4 is 11.8 Å². The van der Waals surface area contributed by atoms with Crippen LogP contribution in [0.15, 0.2) is 24.3 Å². The molecule has 1 saturated carbocycles. The molecule has 0 unspecified atom stereocenters. The van der Waals surface area contributed by atoms with Crippen LogP contribution in [-0.4, -0.2) is 60.4 Å². The summed E-state index contributed by atoms with van der Waals surface area (Å²) in [5.41, 5.74) is 0.122. The van der Waals surface area contributed by atoms with E-state index in [9.17, 15) is 14.0 Å². The van der Waals surface area contributed by atoms with Crippen LogP contribution in [-0.2, 0) is 4.79 Å². The van der Waals surface area contributed by atoms with Gasteiger partial charge in [0.25, 0.3) is 5.91 Å². The number of rotatable bonds is 5. The van der Waals surface area contributed by atoms with Gasteiger partial charge in [-0.2, -0.15) is 0 Å². The molecular weight excluding hydrogens is 333 g/mol. The Morgan fingerprint density at radius 1 is 1.15 bits per heavy atom. The molecule has 26 heavy (non-hydrogen) atoms. The van der Waals surface area contributed by atoms with Crippen LogP contribution in [0.3, 0.4) is 0 Å². The van der Waals surface area contributed by atoms with E-state index >= 15 is 0 Å². The SMILES string of the molecule is CCNC(=O)[C@H](C1CCCC1)N1CCN(C(=O)c2ccccc2F)CC1. The van der Waals surface area contributed by atoms with Gasteiger partial charge in [0.2, 0.25) is 5.91 Å². The number of hydrogen-bond donors (Lipinski definition) is 1. The van der Waals surface area contributed by atoms with E-state index in [1.165, 1.54) is 25.0 Å². The zero-order valence-electron chi connectivity index (χ0n) is 15.4. The average molecular weight is 361 g/mol. The van der Waals surface area contributed by atoms with Crippen molar-refractivity contribution in [1.29, 1.82) is 0 Å². The Morgan fingerprint density at radius 3 is 2.42 bits per heavy atom. The summed E-state index contributed by atoms with van der Waals surface area (Å²) in [6.07, 6.45) is 4.56. The Kier molecular flexibility index (Phi) is 6.25. The second-order valence-corrected chi connectivity index (χ2v) is 7.19. The Bertz CT molecular complexity index is 638. The van der Waals surface area contributed by atoms with Crippen LogP contribution in [0.1, 0.15) is 43.0 Å². The molecule has 6 heteroatoms. The number of nitrogens with zero attached hydrogens (tertiary/aromatic N) is 2. The van der Waals surface area contributed by atoms with Crippen LogP contribution in [0.25, 0.3) is 0 Å². The number of nitrogens with one attached hydrogen (secondary N) is 1. The van der Waals surface area contributed by atoms with E-state index in [1.54, 1.807) is 17.0 Å². The van der Waals surface area contributed by atoms with Gasteiger partial charge < -0.3 is 10.2 Å². The Hall–Kier alpha value is -1.95. The summed E-state index contributed by atoms with van der Waals surface area (Å²) >= 11 is 0. The van der Waals surface area contributed by atoms with Crippen molar-refractivity contribution in [2.75, 3.05) is 32.7 Å². The highest BCUT2D eigenvalue weighted by molar-refractivity contribution is 5.94. The fourth-order valence-corrected chi connectivity index (χ4v) is 4.24. The van der Waals surface area contributed by atoms with Crippen molar-refractivity contribution in [2.24, 2.45) is 5.92 Å². The normalized spacial score (nSPS) is 20.2. The van der Waals surface area contributed by atoms with Crippen LogP contribution >= 0.6 is 0 Å². The van der Waals surface area contributed by atoms with Gasteiger partial charge in [0.15, 0.2) is 0 Å². The van der Waals surface area contributed by atoms with Gasteiger partial charge >= 0.3 is 0 Å². The molecule has 142 valence electrons. The standard InChI is InChI=1S/C20H28FN3O2/c1-2-22-19(25)18(15-7-3-4-8-15)23-11-13-24(14-12-23)20(26)16-9-5-6-10-17(16)21/h5-6,9-10,15,18H,2-4,7-8,11-14H2,1H3,(H,22,25)/t18-/m0/s1. The van der Waals surface area contributed by atoms with Crippen LogP contribution in [0, 0.1) is 11.7 Å². The largest absolute Gasteiger partial charge is 0.355 e. The smallest absolute Gasteiger partial charge is 0.256 e. The Labute approximate surface area is 154 Å². The molecule has 0 bridgehead atoms. The van der Waals surface area contributed by atoms with Gasteiger partial charge in [-0.05, 0) is 37.8 Å². The van der Waals surface area contributed by atoms with Crippen LogP contribution in [0.4, 0.5) is 4.39 Å². The van der Waals surface area contributed by atoms with Gasteiger partial charge in [0.05, 0.1) is 11.6 Å². The molecule has 1 atom stereocenters.